The fourth-order valence-electron chi connectivity index (χ4n) is 1.65. The zero-order valence-electron chi connectivity index (χ0n) is 10.7. The van der Waals surface area contributed by atoms with E-state index in [9.17, 15) is 9.59 Å². The zero-order chi connectivity index (χ0) is 13.0. The Hall–Kier alpha value is -1.65. The molecule has 1 rings (SSSR count). The van der Waals surface area contributed by atoms with Gasteiger partial charge in [0.15, 0.2) is 0 Å². The summed E-state index contributed by atoms with van der Waals surface area (Å²) in [4.78, 5) is 29.5. The topological polar surface area (TPSA) is 72.0 Å². The lowest BCUT2D eigenvalue weighted by Gasteiger charge is -2.11. The number of carbonyl (C=O) groups is 1. The molecule has 0 aliphatic heterocycles. The molecule has 17 heavy (non-hydrogen) atoms. The first-order valence-corrected chi connectivity index (χ1v) is 5.72. The van der Waals surface area contributed by atoms with Crippen molar-refractivity contribution in [3.63, 3.8) is 0 Å². The van der Waals surface area contributed by atoms with Gasteiger partial charge >= 0.3 is 11.7 Å². The summed E-state index contributed by atoms with van der Waals surface area (Å²) in [6, 6.07) is 0. The Morgan fingerprint density at radius 2 is 2.12 bits per heavy atom. The molecule has 1 N–H and O–H groups in total. The van der Waals surface area contributed by atoms with Crippen LogP contribution in [0.1, 0.15) is 42.5 Å². The van der Waals surface area contributed by atoms with Gasteiger partial charge in [-0.3, -0.25) is 0 Å². The maximum absolute atomic E-state index is 11.8. The van der Waals surface area contributed by atoms with E-state index in [2.05, 4.69) is 9.97 Å². The van der Waals surface area contributed by atoms with E-state index in [1.165, 1.54) is 0 Å². The molecular formula is C12H18N2O3. The summed E-state index contributed by atoms with van der Waals surface area (Å²) < 4.78 is 4.97. The summed E-state index contributed by atoms with van der Waals surface area (Å²) in [6.07, 6.45) is 0.582. The molecule has 0 atom stereocenters. The third kappa shape index (κ3) is 3.41. The average Bonchev–Trinajstić information content (AvgIpc) is 2.15. The Balaban J connectivity index is 3.24. The van der Waals surface area contributed by atoms with Gasteiger partial charge in [-0.1, -0.05) is 13.8 Å². The van der Waals surface area contributed by atoms with E-state index in [0.717, 1.165) is 0 Å². The molecule has 0 spiro atoms. The lowest BCUT2D eigenvalue weighted by Crippen LogP contribution is -2.22. The van der Waals surface area contributed by atoms with Crippen molar-refractivity contribution in [3.8, 4) is 0 Å². The van der Waals surface area contributed by atoms with Gasteiger partial charge in [0.1, 0.15) is 5.56 Å². The van der Waals surface area contributed by atoms with E-state index in [4.69, 9.17) is 4.74 Å². The molecule has 0 aromatic carbocycles. The standard InChI is InChI=1S/C12H18N2O3/c1-5-17-11(15)10-8(4)13-12(16)14-9(10)6-7(2)3/h7H,5-6H2,1-4H3,(H,13,14,16). The summed E-state index contributed by atoms with van der Waals surface area (Å²) in [5.74, 6) is -0.110. The molecule has 0 amide bonds. The van der Waals surface area contributed by atoms with E-state index >= 15 is 0 Å². The zero-order valence-corrected chi connectivity index (χ0v) is 10.7. The second kappa shape index (κ2) is 5.61. The predicted molar refractivity (Wildman–Crippen MR) is 64.1 cm³/mol. The van der Waals surface area contributed by atoms with Crippen LogP contribution in [0.25, 0.3) is 0 Å². The van der Waals surface area contributed by atoms with Gasteiger partial charge in [0, 0.05) is 5.69 Å². The van der Waals surface area contributed by atoms with Gasteiger partial charge in [-0.15, -0.1) is 0 Å². The second-order valence-corrected chi connectivity index (χ2v) is 4.31. The van der Waals surface area contributed by atoms with Crippen molar-refractivity contribution >= 4 is 5.97 Å². The smallest absolute Gasteiger partial charge is 0.345 e. The van der Waals surface area contributed by atoms with Gasteiger partial charge < -0.3 is 9.72 Å². The third-order valence-corrected chi connectivity index (χ3v) is 2.28. The normalized spacial score (nSPS) is 10.6. The maximum atomic E-state index is 11.8. The summed E-state index contributed by atoms with van der Waals surface area (Å²) in [6.45, 7) is 7.74. The van der Waals surface area contributed by atoms with Gasteiger partial charge in [0.05, 0.1) is 12.3 Å². The minimum Gasteiger partial charge on any atom is -0.462 e. The first-order chi connectivity index (χ1) is 7.95. The maximum Gasteiger partial charge on any atom is 0.345 e. The Kier molecular flexibility index (Phi) is 4.43. The lowest BCUT2D eigenvalue weighted by atomic mass is 10.0. The van der Waals surface area contributed by atoms with Crippen LogP contribution in [0.3, 0.4) is 0 Å². The molecule has 0 saturated heterocycles. The Morgan fingerprint density at radius 1 is 1.47 bits per heavy atom. The number of aryl methyl sites for hydroxylation is 1. The fourth-order valence-corrected chi connectivity index (χ4v) is 1.65. The molecule has 0 aliphatic rings. The number of hydrogen-bond acceptors (Lipinski definition) is 4. The minimum atomic E-state index is -0.426. The fraction of sp³-hybridized carbons (Fsp3) is 0.583. The number of nitrogens with one attached hydrogen (secondary N) is 1. The highest BCUT2D eigenvalue weighted by molar-refractivity contribution is 5.91. The molecule has 0 saturated carbocycles. The van der Waals surface area contributed by atoms with Gasteiger partial charge in [0.2, 0.25) is 0 Å². The molecule has 94 valence electrons. The molecule has 5 nitrogen and oxygen atoms in total. The van der Waals surface area contributed by atoms with Crippen molar-refractivity contribution in [3.05, 3.63) is 27.4 Å². The van der Waals surface area contributed by atoms with Crippen LogP contribution in [-0.2, 0) is 11.2 Å². The van der Waals surface area contributed by atoms with Crippen molar-refractivity contribution < 1.29 is 9.53 Å². The van der Waals surface area contributed by atoms with Crippen LogP contribution in [0.2, 0.25) is 0 Å². The van der Waals surface area contributed by atoms with Crippen molar-refractivity contribution in [2.24, 2.45) is 5.92 Å². The van der Waals surface area contributed by atoms with Crippen molar-refractivity contribution in [1.29, 1.82) is 0 Å². The number of hydrogen-bond donors (Lipinski definition) is 1. The average molecular weight is 238 g/mol. The first-order valence-electron chi connectivity index (χ1n) is 5.72. The van der Waals surface area contributed by atoms with Crippen LogP contribution in [0.15, 0.2) is 4.79 Å². The van der Waals surface area contributed by atoms with Gasteiger partial charge in [-0.05, 0) is 26.2 Å². The number of nitrogens with zero attached hydrogens (tertiary/aromatic N) is 1. The SMILES string of the molecule is CCOC(=O)c1c(CC(C)C)nc(=O)[nH]c1C. The molecule has 1 aromatic heterocycles. The van der Waals surface area contributed by atoms with E-state index < -0.39 is 11.7 Å². The summed E-state index contributed by atoms with van der Waals surface area (Å²) in [5, 5.41) is 0. The number of H-pyrrole nitrogens is 1. The quantitative estimate of drug-likeness (QED) is 0.806. The highest BCUT2D eigenvalue weighted by atomic mass is 16.5. The molecule has 0 aliphatic carbocycles. The lowest BCUT2D eigenvalue weighted by molar-refractivity contribution is 0.0522. The van der Waals surface area contributed by atoms with Crippen molar-refractivity contribution in [2.75, 3.05) is 6.61 Å². The molecule has 0 unspecified atom stereocenters. The number of carbonyl (C=O) groups excluding carboxylic acids is 1. The summed E-state index contributed by atoms with van der Waals surface area (Å²) in [7, 11) is 0. The minimum absolute atomic E-state index is 0.304. The van der Waals surface area contributed by atoms with E-state index in [1.807, 2.05) is 13.8 Å². The molecule has 0 bridgehead atoms. The molecule has 5 heteroatoms. The number of rotatable bonds is 4. The largest absolute Gasteiger partial charge is 0.462 e. The van der Waals surface area contributed by atoms with Crippen LogP contribution < -0.4 is 5.69 Å². The first kappa shape index (κ1) is 13.4. The monoisotopic (exact) mass is 238 g/mol. The van der Waals surface area contributed by atoms with Crippen LogP contribution in [0.4, 0.5) is 0 Å². The van der Waals surface area contributed by atoms with Crippen molar-refractivity contribution in [2.45, 2.75) is 34.1 Å². The molecular weight excluding hydrogens is 220 g/mol. The van der Waals surface area contributed by atoms with Crippen LogP contribution in [-0.4, -0.2) is 22.5 Å². The van der Waals surface area contributed by atoms with E-state index in [1.54, 1.807) is 13.8 Å². The number of aromatic nitrogens is 2. The predicted octanol–water partition coefficient (Wildman–Crippen LogP) is 1.45. The Morgan fingerprint density at radius 3 is 2.65 bits per heavy atom. The molecule has 1 heterocycles. The highest BCUT2D eigenvalue weighted by Crippen LogP contribution is 2.13. The summed E-state index contributed by atoms with van der Waals surface area (Å²) in [5.41, 5.74) is 0.991. The Labute approximate surface area is 100 Å². The molecule has 0 radical (unpaired) electrons. The van der Waals surface area contributed by atoms with E-state index in [0.29, 0.717) is 35.9 Å². The van der Waals surface area contributed by atoms with E-state index in [-0.39, 0.29) is 0 Å². The number of esters is 1. The Bertz CT molecular complexity index is 463. The van der Waals surface area contributed by atoms with Crippen LogP contribution in [0.5, 0.6) is 0 Å². The number of aromatic amines is 1. The highest BCUT2D eigenvalue weighted by Gasteiger charge is 2.18. The second-order valence-electron chi connectivity index (χ2n) is 4.31. The molecule has 1 aromatic rings. The van der Waals surface area contributed by atoms with Gasteiger partial charge in [0.25, 0.3) is 0 Å². The number of ether oxygens (including phenoxy) is 1. The van der Waals surface area contributed by atoms with Crippen molar-refractivity contribution in [1.82, 2.24) is 9.97 Å². The van der Waals surface area contributed by atoms with Gasteiger partial charge in [-0.2, -0.15) is 4.98 Å². The third-order valence-electron chi connectivity index (χ3n) is 2.28. The summed E-state index contributed by atoms with van der Waals surface area (Å²) >= 11 is 0. The van der Waals surface area contributed by atoms with Crippen LogP contribution >= 0.6 is 0 Å². The molecule has 0 fully saturated rings. The van der Waals surface area contributed by atoms with Crippen LogP contribution in [0, 0.1) is 12.8 Å². The van der Waals surface area contributed by atoms with Gasteiger partial charge in [-0.25, -0.2) is 9.59 Å².